The summed E-state index contributed by atoms with van der Waals surface area (Å²) in [5.74, 6) is 1.51. The molecule has 1 aliphatic carbocycles. The van der Waals surface area contributed by atoms with Crippen LogP contribution in [0.1, 0.15) is 30.6 Å². The molecule has 0 amide bonds. The van der Waals surface area contributed by atoms with E-state index in [1.54, 1.807) is 7.11 Å². The fourth-order valence-electron chi connectivity index (χ4n) is 2.09. The Morgan fingerprint density at radius 1 is 1.53 bits per heavy atom. The van der Waals surface area contributed by atoms with Crippen LogP contribution in [0.15, 0.2) is 18.2 Å². The van der Waals surface area contributed by atoms with E-state index in [1.807, 2.05) is 25.1 Å². The molecule has 0 saturated heterocycles. The summed E-state index contributed by atoms with van der Waals surface area (Å²) in [6.07, 6.45) is 0.718. The summed E-state index contributed by atoms with van der Waals surface area (Å²) in [4.78, 5) is 0. The maximum Gasteiger partial charge on any atom is 0.124 e. The molecule has 0 aliphatic heterocycles. The molecule has 2 rings (SSSR count). The van der Waals surface area contributed by atoms with Crippen molar-refractivity contribution in [3.8, 4) is 5.75 Å². The van der Waals surface area contributed by atoms with Gasteiger partial charge in [0.2, 0.25) is 0 Å². The van der Waals surface area contributed by atoms with E-state index in [4.69, 9.17) is 4.74 Å². The second kappa shape index (κ2) is 5.07. The van der Waals surface area contributed by atoms with Crippen molar-refractivity contribution in [1.82, 2.24) is 5.32 Å². The molecule has 1 fully saturated rings. The lowest BCUT2D eigenvalue weighted by atomic mass is 10.1. The molecule has 17 heavy (non-hydrogen) atoms. The first-order valence-corrected chi connectivity index (χ1v) is 6.17. The summed E-state index contributed by atoms with van der Waals surface area (Å²) >= 11 is 0. The van der Waals surface area contributed by atoms with Crippen LogP contribution >= 0.6 is 0 Å². The number of hydrogen-bond donors (Lipinski definition) is 2. The Morgan fingerprint density at radius 2 is 2.24 bits per heavy atom. The monoisotopic (exact) mass is 235 g/mol. The van der Waals surface area contributed by atoms with E-state index in [0.717, 1.165) is 22.8 Å². The van der Waals surface area contributed by atoms with Gasteiger partial charge in [0.1, 0.15) is 5.75 Å². The quantitative estimate of drug-likeness (QED) is 0.820. The number of aliphatic hydroxyl groups excluding tert-OH is 1. The van der Waals surface area contributed by atoms with Crippen molar-refractivity contribution in [3.63, 3.8) is 0 Å². The minimum Gasteiger partial charge on any atom is -0.496 e. The highest BCUT2D eigenvalue weighted by molar-refractivity contribution is 5.38. The Morgan fingerprint density at radius 3 is 2.82 bits per heavy atom. The van der Waals surface area contributed by atoms with E-state index in [0.29, 0.717) is 12.6 Å². The number of aliphatic hydroxyl groups is 1. The van der Waals surface area contributed by atoms with Crippen molar-refractivity contribution in [1.29, 1.82) is 0 Å². The zero-order valence-electron chi connectivity index (χ0n) is 10.7. The Balaban J connectivity index is 2.01. The number of methoxy groups -OCH3 is 1. The Kier molecular flexibility index (Phi) is 3.69. The van der Waals surface area contributed by atoms with Gasteiger partial charge in [-0.2, -0.15) is 0 Å². The van der Waals surface area contributed by atoms with E-state index >= 15 is 0 Å². The van der Waals surface area contributed by atoms with Gasteiger partial charge < -0.3 is 15.2 Å². The summed E-state index contributed by atoms with van der Waals surface area (Å²) in [6, 6.07) is 6.47. The van der Waals surface area contributed by atoms with Crippen LogP contribution in [0.25, 0.3) is 0 Å². The number of hydrogen-bond acceptors (Lipinski definition) is 3. The SMILES string of the molecule is COc1ccc(C)cc1C(O)CNC1CC1C. The third-order valence-electron chi connectivity index (χ3n) is 3.43. The van der Waals surface area contributed by atoms with Gasteiger partial charge in [0, 0.05) is 18.2 Å². The van der Waals surface area contributed by atoms with Gasteiger partial charge in [0.15, 0.2) is 0 Å². The summed E-state index contributed by atoms with van der Waals surface area (Å²) in [7, 11) is 1.64. The molecule has 0 bridgehead atoms. The number of nitrogens with one attached hydrogen (secondary N) is 1. The number of rotatable bonds is 5. The molecule has 1 aromatic carbocycles. The fourth-order valence-corrected chi connectivity index (χ4v) is 2.09. The van der Waals surface area contributed by atoms with Crippen molar-refractivity contribution in [2.75, 3.05) is 13.7 Å². The molecule has 3 atom stereocenters. The Labute approximate surface area is 103 Å². The first-order chi connectivity index (χ1) is 8.11. The van der Waals surface area contributed by atoms with E-state index in [2.05, 4.69) is 12.2 Å². The van der Waals surface area contributed by atoms with E-state index in [1.165, 1.54) is 6.42 Å². The fraction of sp³-hybridized carbons (Fsp3) is 0.571. The van der Waals surface area contributed by atoms with E-state index < -0.39 is 6.10 Å². The molecule has 1 saturated carbocycles. The van der Waals surface area contributed by atoms with Crippen LogP contribution in [0.5, 0.6) is 5.75 Å². The Bertz CT molecular complexity index is 392. The van der Waals surface area contributed by atoms with Crippen molar-refractivity contribution in [2.45, 2.75) is 32.4 Å². The molecule has 2 N–H and O–H groups in total. The summed E-state index contributed by atoms with van der Waals surface area (Å²) in [5.41, 5.74) is 2.01. The molecule has 3 unspecified atom stereocenters. The third kappa shape index (κ3) is 2.99. The van der Waals surface area contributed by atoms with Crippen molar-refractivity contribution in [3.05, 3.63) is 29.3 Å². The molecular formula is C14H21NO2. The zero-order chi connectivity index (χ0) is 12.4. The van der Waals surface area contributed by atoms with Gasteiger partial charge in [-0.25, -0.2) is 0 Å². The molecule has 1 aromatic rings. The molecule has 94 valence electrons. The van der Waals surface area contributed by atoms with Crippen LogP contribution in [0.4, 0.5) is 0 Å². The van der Waals surface area contributed by atoms with Crippen molar-refractivity contribution in [2.24, 2.45) is 5.92 Å². The maximum absolute atomic E-state index is 10.2. The van der Waals surface area contributed by atoms with Gasteiger partial charge in [0.25, 0.3) is 0 Å². The second-order valence-corrected chi connectivity index (χ2v) is 4.99. The van der Waals surface area contributed by atoms with Crippen molar-refractivity contribution >= 4 is 0 Å². The van der Waals surface area contributed by atoms with Crippen LogP contribution < -0.4 is 10.1 Å². The van der Waals surface area contributed by atoms with Crippen LogP contribution in [0.2, 0.25) is 0 Å². The highest BCUT2D eigenvalue weighted by Gasteiger charge is 2.32. The molecule has 0 aromatic heterocycles. The largest absolute Gasteiger partial charge is 0.496 e. The molecule has 0 heterocycles. The number of aryl methyl sites for hydroxylation is 1. The van der Waals surface area contributed by atoms with Gasteiger partial charge in [-0.3, -0.25) is 0 Å². The lowest BCUT2D eigenvalue weighted by molar-refractivity contribution is 0.169. The molecule has 0 spiro atoms. The molecular weight excluding hydrogens is 214 g/mol. The molecule has 0 radical (unpaired) electrons. The summed E-state index contributed by atoms with van der Waals surface area (Å²) < 4.78 is 5.28. The predicted molar refractivity (Wildman–Crippen MR) is 68.3 cm³/mol. The second-order valence-electron chi connectivity index (χ2n) is 4.99. The van der Waals surface area contributed by atoms with Crippen LogP contribution in [0, 0.1) is 12.8 Å². The average Bonchev–Trinajstić information content (AvgIpc) is 3.02. The average molecular weight is 235 g/mol. The normalized spacial score (nSPS) is 24.5. The molecule has 1 aliphatic rings. The van der Waals surface area contributed by atoms with Gasteiger partial charge >= 0.3 is 0 Å². The Hall–Kier alpha value is -1.06. The van der Waals surface area contributed by atoms with Crippen LogP contribution in [-0.2, 0) is 0 Å². The highest BCUT2D eigenvalue weighted by atomic mass is 16.5. The van der Waals surface area contributed by atoms with Gasteiger partial charge in [-0.15, -0.1) is 0 Å². The van der Waals surface area contributed by atoms with Crippen LogP contribution in [0.3, 0.4) is 0 Å². The van der Waals surface area contributed by atoms with Gasteiger partial charge in [-0.1, -0.05) is 18.6 Å². The maximum atomic E-state index is 10.2. The predicted octanol–water partition coefficient (Wildman–Crippen LogP) is 2.04. The standard InChI is InChI=1S/C14H21NO2/c1-9-4-5-14(17-3)11(6-9)13(16)8-15-12-7-10(12)2/h4-6,10,12-13,15-16H,7-8H2,1-3H3. The third-order valence-corrected chi connectivity index (χ3v) is 3.43. The first-order valence-electron chi connectivity index (χ1n) is 6.17. The lowest BCUT2D eigenvalue weighted by Crippen LogP contribution is -2.24. The number of benzene rings is 1. The van der Waals surface area contributed by atoms with Crippen molar-refractivity contribution < 1.29 is 9.84 Å². The topological polar surface area (TPSA) is 41.5 Å². The smallest absolute Gasteiger partial charge is 0.124 e. The van der Waals surface area contributed by atoms with Gasteiger partial charge in [-0.05, 0) is 31.4 Å². The highest BCUT2D eigenvalue weighted by Crippen LogP contribution is 2.30. The first kappa shape index (κ1) is 12.4. The van der Waals surface area contributed by atoms with E-state index in [9.17, 15) is 5.11 Å². The number of ether oxygens (including phenoxy) is 1. The minimum absolute atomic E-state index is 0.502. The molecule has 3 heteroatoms. The van der Waals surface area contributed by atoms with Crippen LogP contribution in [-0.4, -0.2) is 24.8 Å². The van der Waals surface area contributed by atoms with E-state index in [-0.39, 0.29) is 0 Å². The lowest BCUT2D eigenvalue weighted by Gasteiger charge is -2.16. The minimum atomic E-state index is -0.502. The van der Waals surface area contributed by atoms with Gasteiger partial charge in [0.05, 0.1) is 13.2 Å². The summed E-state index contributed by atoms with van der Waals surface area (Å²) in [6.45, 7) is 4.83. The molecule has 3 nitrogen and oxygen atoms in total. The summed E-state index contributed by atoms with van der Waals surface area (Å²) in [5, 5.41) is 13.5. The zero-order valence-corrected chi connectivity index (χ0v) is 10.7.